The lowest BCUT2D eigenvalue weighted by atomic mass is 9.81. The molecule has 0 N–H and O–H groups in total. The van der Waals surface area contributed by atoms with Crippen molar-refractivity contribution in [2.45, 2.75) is 25.9 Å². The van der Waals surface area contributed by atoms with Crippen LogP contribution in [-0.2, 0) is 0 Å². The van der Waals surface area contributed by atoms with Gasteiger partial charge in [-0.2, -0.15) is 0 Å². The van der Waals surface area contributed by atoms with Crippen LogP contribution in [0.1, 0.15) is 78.5 Å². The Labute approximate surface area is 309 Å². The van der Waals surface area contributed by atoms with Gasteiger partial charge in [0.2, 0.25) is 0 Å². The van der Waals surface area contributed by atoms with Crippen LogP contribution in [-0.4, -0.2) is 33.4 Å². The number of benzene rings is 9. The molecule has 54 heavy (non-hydrogen) atoms. The zero-order valence-electron chi connectivity index (χ0n) is 29.4. The summed E-state index contributed by atoms with van der Waals surface area (Å²) < 4.78 is 0. The lowest BCUT2D eigenvalue weighted by molar-refractivity contribution is 0.0535. The Morgan fingerprint density at radius 1 is 0.333 bits per heavy atom. The van der Waals surface area contributed by atoms with Gasteiger partial charge in [-0.25, -0.2) is 0 Å². The second-order valence-electron chi connectivity index (χ2n) is 14.6. The molecule has 0 spiro atoms. The van der Waals surface area contributed by atoms with Gasteiger partial charge in [-0.05, 0) is 103 Å². The molecule has 6 nitrogen and oxygen atoms in total. The van der Waals surface area contributed by atoms with Crippen molar-refractivity contribution in [3.05, 3.63) is 167 Å². The average Bonchev–Trinajstić information content (AvgIpc) is 3.20. The highest BCUT2D eigenvalue weighted by Gasteiger charge is 2.40. The van der Waals surface area contributed by atoms with E-state index >= 15 is 0 Å². The minimum Gasteiger partial charge on any atom is -0.269 e. The smallest absolute Gasteiger partial charge is 0.261 e. The van der Waals surface area contributed by atoms with Gasteiger partial charge in [0, 0.05) is 33.0 Å². The molecule has 2 atom stereocenters. The summed E-state index contributed by atoms with van der Waals surface area (Å²) in [6.45, 7) is 3.82. The van der Waals surface area contributed by atoms with Crippen molar-refractivity contribution in [3.8, 4) is 0 Å². The maximum absolute atomic E-state index is 14.4. The Hall–Kier alpha value is -6.92. The van der Waals surface area contributed by atoms with Crippen molar-refractivity contribution in [1.82, 2.24) is 9.80 Å². The van der Waals surface area contributed by atoms with Crippen LogP contribution in [0, 0.1) is 0 Å². The molecule has 0 saturated heterocycles. The molecule has 9 aromatic rings. The van der Waals surface area contributed by atoms with Gasteiger partial charge in [0.05, 0.1) is 12.1 Å². The number of carbonyl (C=O) groups is 4. The molecule has 6 heteroatoms. The maximum atomic E-state index is 14.4. The fraction of sp³-hybridized carbons (Fsp3) is 0.0833. The van der Waals surface area contributed by atoms with Crippen LogP contribution in [0.2, 0.25) is 0 Å². The van der Waals surface area contributed by atoms with Crippen molar-refractivity contribution < 1.29 is 19.2 Å². The first-order chi connectivity index (χ1) is 26.3. The molecule has 2 aliphatic rings. The number of carbonyl (C=O) groups excluding carboxylic acids is 4. The molecule has 11 rings (SSSR count). The van der Waals surface area contributed by atoms with E-state index in [1.807, 2.05) is 147 Å². The van der Waals surface area contributed by atoms with Crippen molar-refractivity contribution in [2.75, 3.05) is 0 Å². The Bertz CT molecular complexity index is 2850. The second-order valence-corrected chi connectivity index (χ2v) is 14.6. The molecule has 0 bridgehead atoms. The normalized spacial score (nSPS) is 15.5. The molecular formula is C48H30N2O4. The largest absolute Gasteiger partial charge is 0.269 e. The van der Waals surface area contributed by atoms with E-state index in [2.05, 4.69) is 0 Å². The summed E-state index contributed by atoms with van der Waals surface area (Å²) in [4.78, 5) is 60.5. The van der Waals surface area contributed by atoms with E-state index in [4.69, 9.17) is 0 Å². The highest BCUT2D eigenvalue weighted by molar-refractivity contribution is 6.41. The average molecular weight is 699 g/mol. The molecule has 0 radical (unpaired) electrons. The number of imide groups is 2. The molecule has 0 unspecified atom stereocenters. The number of hydrogen-bond acceptors (Lipinski definition) is 4. The van der Waals surface area contributed by atoms with Gasteiger partial charge in [-0.3, -0.25) is 29.0 Å². The van der Waals surface area contributed by atoms with Gasteiger partial charge in [-0.15, -0.1) is 0 Å². The van der Waals surface area contributed by atoms with Crippen LogP contribution < -0.4 is 0 Å². The van der Waals surface area contributed by atoms with Crippen molar-refractivity contribution in [2.24, 2.45) is 0 Å². The fourth-order valence-electron chi connectivity index (χ4n) is 9.52. The molecule has 256 valence electrons. The minimum atomic E-state index is -0.499. The molecule has 0 saturated carbocycles. The minimum absolute atomic E-state index is 0.329. The monoisotopic (exact) mass is 698 g/mol. The standard InChI is InChI=1S/C48H30N2O4/c1-25(29-15-7-11-27-9-3-5-13-31(27)29)49-45(51)37-21-17-33-35-19-23-39-44-40(24-20-36(42(35)44)34-18-22-38(46(49)52)43(37)41(33)34)48(54)50(47(39)53)26(2)30-16-8-12-28-10-4-6-14-32(28)30/h3-26H,1-2H3/t25-,26-/m1/s1. The molecule has 0 fully saturated rings. The topological polar surface area (TPSA) is 74.8 Å². The van der Waals surface area contributed by atoms with Crippen molar-refractivity contribution in [1.29, 1.82) is 0 Å². The summed E-state index contributed by atoms with van der Waals surface area (Å²) in [5.41, 5.74) is 3.74. The lowest BCUT2D eigenvalue weighted by Gasteiger charge is -2.34. The van der Waals surface area contributed by atoms with E-state index in [0.717, 1.165) is 65.0 Å². The summed E-state index contributed by atoms with van der Waals surface area (Å²) in [7, 11) is 0. The van der Waals surface area contributed by atoms with Crippen molar-refractivity contribution in [3.63, 3.8) is 0 Å². The van der Waals surface area contributed by atoms with Crippen LogP contribution in [0.5, 0.6) is 0 Å². The number of rotatable bonds is 4. The molecular weight excluding hydrogens is 669 g/mol. The van der Waals surface area contributed by atoms with Crippen LogP contribution in [0.15, 0.2) is 133 Å². The SMILES string of the molecule is C[C@H](c1cccc2ccccc12)N1C(=O)c2ccc3c4ccc5c6c(ccc(c7ccc(c2c37)C1=O)c64)C(=O)N([C@H](C)c1cccc2ccccc12)C5=O. The Morgan fingerprint density at radius 2 is 0.648 bits per heavy atom. The first-order valence-electron chi connectivity index (χ1n) is 18.2. The van der Waals surface area contributed by atoms with E-state index in [0.29, 0.717) is 33.0 Å². The van der Waals surface area contributed by atoms with Crippen molar-refractivity contribution >= 4 is 88.3 Å². The van der Waals surface area contributed by atoms with Crippen LogP contribution in [0.25, 0.3) is 64.6 Å². The van der Waals surface area contributed by atoms with Crippen LogP contribution in [0.4, 0.5) is 0 Å². The molecule has 0 aromatic heterocycles. The number of fused-ring (bicyclic) bond motifs is 4. The highest BCUT2D eigenvalue weighted by Crippen LogP contribution is 2.48. The summed E-state index contributed by atoms with van der Waals surface area (Å²) in [6, 6.07) is 42.1. The van der Waals surface area contributed by atoms with Gasteiger partial charge >= 0.3 is 0 Å². The third kappa shape index (κ3) is 3.84. The van der Waals surface area contributed by atoms with E-state index in [1.165, 1.54) is 9.80 Å². The molecule has 2 aliphatic heterocycles. The molecule has 2 heterocycles. The third-order valence-electron chi connectivity index (χ3n) is 12.0. The van der Waals surface area contributed by atoms with Gasteiger partial charge in [0.25, 0.3) is 23.6 Å². The number of hydrogen-bond donors (Lipinski definition) is 0. The summed E-state index contributed by atoms with van der Waals surface area (Å²) in [5, 5.41) is 10.5. The highest BCUT2D eigenvalue weighted by atomic mass is 16.2. The molecule has 4 amide bonds. The van der Waals surface area contributed by atoms with E-state index in [9.17, 15) is 19.2 Å². The van der Waals surface area contributed by atoms with Crippen LogP contribution >= 0.6 is 0 Å². The first kappa shape index (κ1) is 30.7. The summed E-state index contributed by atoms with van der Waals surface area (Å²) in [6.07, 6.45) is 0. The third-order valence-corrected chi connectivity index (χ3v) is 12.0. The van der Waals surface area contributed by atoms with E-state index in [-0.39, 0.29) is 23.6 Å². The fourth-order valence-corrected chi connectivity index (χ4v) is 9.52. The number of amides is 4. The zero-order chi connectivity index (χ0) is 36.6. The molecule has 0 aliphatic carbocycles. The van der Waals surface area contributed by atoms with Gasteiger partial charge in [0.1, 0.15) is 0 Å². The summed E-state index contributed by atoms with van der Waals surface area (Å²) >= 11 is 0. The van der Waals surface area contributed by atoms with E-state index < -0.39 is 12.1 Å². The van der Waals surface area contributed by atoms with Gasteiger partial charge < -0.3 is 0 Å². The van der Waals surface area contributed by atoms with Crippen LogP contribution in [0.3, 0.4) is 0 Å². The zero-order valence-corrected chi connectivity index (χ0v) is 29.4. The Morgan fingerprint density at radius 3 is 1.00 bits per heavy atom. The quantitative estimate of drug-likeness (QED) is 0.104. The Kier molecular flexibility index (Phi) is 6.14. The predicted molar refractivity (Wildman–Crippen MR) is 213 cm³/mol. The van der Waals surface area contributed by atoms with Gasteiger partial charge in [-0.1, -0.05) is 109 Å². The lowest BCUT2D eigenvalue weighted by Crippen LogP contribution is -2.42. The first-order valence-corrected chi connectivity index (χ1v) is 18.2. The molecule has 9 aromatic carbocycles. The van der Waals surface area contributed by atoms with Gasteiger partial charge in [0.15, 0.2) is 0 Å². The van der Waals surface area contributed by atoms with E-state index in [1.54, 1.807) is 0 Å². The second kappa shape index (κ2) is 10.8. The maximum Gasteiger partial charge on any atom is 0.261 e. The number of nitrogens with zero attached hydrogens (tertiary/aromatic N) is 2. The predicted octanol–water partition coefficient (Wildman–Crippen LogP) is 10.8. The summed E-state index contributed by atoms with van der Waals surface area (Å²) in [5.74, 6) is -1.32. The Balaban J connectivity index is 1.08.